The van der Waals surface area contributed by atoms with E-state index in [1.807, 2.05) is 13.0 Å². The maximum absolute atomic E-state index is 11.6. The molecular weight excluding hydrogens is 188 g/mol. The van der Waals surface area contributed by atoms with Crippen molar-refractivity contribution in [3.63, 3.8) is 0 Å². The number of hydrogen-bond donors (Lipinski definition) is 0. The van der Waals surface area contributed by atoms with Crippen LogP contribution in [0.2, 0.25) is 0 Å². The van der Waals surface area contributed by atoms with Crippen LogP contribution in [-0.4, -0.2) is 13.1 Å². The van der Waals surface area contributed by atoms with Gasteiger partial charge in [-0.15, -0.1) is 0 Å². The molecule has 0 aromatic heterocycles. The Morgan fingerprint density at radius 1 is 1.33 bits per heavy atom. The summed E-state index contributed by atoms with van der Waals surface area (Å²) < 4.78 is 4.82. The third-order valence-electron chi connectivity index (χ3n) is 2.87. The Kier molecular flexibility index (Phi) is 4.60. The predicted molar refractivity (Wildman–Crippen MR) is 61.5 cm³/mol. The Balaban J connectivity index is 2.79. The Labute approximate surface area is 92.0 Å². The second kappa shape index (κ2) is 5.74. The van der Waals surface area contributed by atoms with Crippen LogP contribution in [0.5, 0.6) is 0 Å². The highest BCUT2D eigenvalue weighted by molar-refractivity contribution is 5.89. The molecule has 1 aliphatic rings. The average molecular weight is 208 g/mol. The summed E-state index contributed by atoms with van der Waals surface area (Å²) in [7, 11) is 1.44. The second-order valence-electron chi connectivity index (χ2n) is 4.27. The van der Waals surface area contributed by atoms with E-state index in [4.69, 9.17) is 4.74 Å². The Bertz CT molecular complexity index is 270. The van der Waals surface area contributed by atoms with Crippen molar-refractivity contribution in [1.29, 1.82) is 0 Å². The molecule has 15 heavy (non-hydrogen) atoms. The number of ether oxygens (including phenoxy) is 1. The SMILES string of the molecule is C=C(C)C=C(C(=O)OC)C1CCCCC1. The summed E-state index contributed by atoms with van der Waals surface area (Å²) in [6.45, 7) is 5.73. The summed E-state index contributed by atoms with van der Waals surface area (Å²) in [5.41, 5.74) is 1.73. The summed E-state index contributed by atoms with van der Waals surface area (Å²) in [6, 6.07) is 0. The van der Waals surface area contributed by atoms with Crippen LogP contribution in [0.1, 0.15) is 39.0 Å². The number of methoxy groups -OCH3 is 1. The van der Waals surface area contributed by atoms with Gasteiger partial charge in [0.15, 0.2) is 0 Å². The van der Waals surface area contributed by atoms with E-state index < -0.39 is 0 Å². The molecule has 0 heterocycles. The normalized spacial score (nSPS) is 18.7. The first-order chi connectivity index (χ1) is 7.15. The van der Waals surface area contributed by atoms with Crippen LogP contribution >= 0.6 is 0 Å². The standard InChI is InChI=1S/C13H20O2/c1-10(2)9-12(13(14)15-3)11-7-5-4-6-8-11/h9,11H,1,4-8H2,2-3H3. The van der Waals surface area contributed by atoms with Crippen molar-refractivity contribution in [1.82, 2.24) is 0 Å². The second-order valence-corrected chi connectivity index (χ2v) is 4.27. The van der Waals surface area contributed by atoms with Crippen LogP contribution in [-0.2, 0) is 9.53 Å². The first kappa shape index (κ1) is 12.0. The lowest BCUT2D eigenvalue weighted by molar-refractivity contribution is -0.136. The fourth-order valence-corrected chi connectivity index (χ4v) is 2.14. The van der Waals surface area contributed by atoms with E-state index in [0.717, 1.165) is 24.0 Å². The van der Waals surface area contributed by atoms with Gasteiger partial charge in [0.2, 0.25) is 0 Å². The summed E-state index contributed by atoms with van der Waals surface area (Å²) >= 11 is 0. The van der Waals surface area contributed by atoms with Gasteiger partial charge in [0, 0.05) is 5.57 Å². The molecule has 1 fully saturated rings. The van der Waals surface area contributed by atoms with Crippen LogP contribution in [0.25, 0.3) is 0 Å². The number of hydrogen-bond acceptors (Lipinski definition) is 2. The lowest BCUT2D eigenvalue weighted by Gasteiger charge is -2.23. The average Bonchev–Trinajstić information content (AvgIpc) is 2.26. The molecule has 0 N–H and O–H groups in total. The van der Waals surface area contributed by atoms with Crippen molar-refractivity contribution in [2.24, 2.45) is 5.92 Å². The van der Waals surface area contributed by atoms with Crippen molar-refractivity contribution in [3.8, 4) is 0 Å². The van der Waals surface area contributed by atoms with Crippen molar-refractivity contribution in [2.45, 2.75) is 39.0 Å². The van der Waals surface area contributed by atoms with Gasteiger partial charge in [-0.05, 0) is 31.8 Å². The van der Waals surface area contributed by atoms with Gasteiger partial charge in [0.05, 0.1) is 7.11 Å². The molecule has 1 saturated carbocycles. The van der Waals surface area contributed by atoms with Crippen LogP contribution in [0, 0.1) is 5.92 Å². The summed E-state index contributed by atoms with van der Waals surface area (Å²) in [6.07, 6.45) is 7.81. The molecule has 0 aromatic rings. The van der Waals surface area contributed by atoms with Gasteiger partial charge in [-0.2, -0.15) is 0 Å². The fraction of sp³-hybridized carbons (Fsp3) is 0.615. The molecule has 2 heteroatoms. The van der Waals surface area contributed by atoms with E-state index in [0.29, 0.717) is 5.92 Å². The number of allylic oxidation sites excluding steroid dienone is 2. The minimum Gasteiger partial charge on any atom is -0.466 e. The highest BCUT2D eigenvalue weighted by Gasteiger charge is 2.23. The van der Waals surface area contributed by atoms with E-state index in [2.05, 4.69) is 6.58 Å². The minimum atomic E-state index is -0.190. The first-order valence-electron chi connectivity index (χ1n) is 5.60. The molecule has 0 unspecified atom stereocenters. The van der Waals surface area contributed by atoms with Gasteiger partial charge < -0.3 is 4.74 Å². The zero-order valence-electron chi connectivity index (χ0n) is 9.71. The summed E-state index contributed by atoms with van der Waals surface area (Å²) in [5.74, 6) is 0.188. The maximum atomic E-state index is 11.6. The molecule has 0 bridgehead atoms. The lowest BCUT2D eigenvalue weighted by Crippen LogP contribution is -2.17. The molecule has 1 aliphatic carbocycles. The molecule has 1 rings (SSSR count). The summed E-state index contributed by atoms with van der Waals surface area (Å²) in [5, 5.41) is 0. The molecule has 0 aromatic carbocycles. The molecule has 0 aliphatic heterocycles. The Hall–Kier alpha value is -1.05. The molecule has 0 radical (unpaired) electrons. The number of carbonyl (C=O) groups excluding carboxylic acids is 1. The van der Waals surface area contributed by atoms with Crippen molar-refractivity contribution >= 4 is 5.97 Å². The molecule has 0 amide bonds. The van der Waals surface area contributed by atoms with Gasteiger partial charge in [0.1, 0.15) is 0 Å². The summed E-state index contributed by atoms with van der Waals surface area (Å²) in [4.78, 5) is 11.6. The largest absolute Gasteiger partial charge is 0.466 e. The fourth-order valence-electron chi connectivity index (χ4n) is 2.14. The predicted octanol–water partition coefficient (Wildman–Crippen LogP) is 3.24. The van der Waals surface area contributed by atoms with E-state index in [-0.39, 0.29) is 5.97 Å². The Morgan fingerprint density at radius 3 is 2.40 bits per heavy atom. The minimum absolute atomic E-state index is 0.190. The van der Waals surface area contributed by atoms with Gasteiger partial charge in [-0.1, -0.05) is 31.4 Å². The molecule has 0 saturated heterocycles. The topological polar surface area (TPSA) is 26.3 Å². The van der Waals surface area contributed by atoms with E-state index in [1.165, 1.54) is 26.4 Å². The monoisotopic (exact) mass is 208 g/mol. The van der Waals surface area contributed by atoms with Crippen molar-refractivity contribution in [3.05, 3.63) is 23.8 Å². The van der Waals surface area contributed by atoms with Gasteiger partial charge >= 0.3 is 5.97 Å². The van der Waals surface area contributed by atoms with Crippen LogP contribution in [0.15, 0.2) is 23.8 Å². The number of esters is 1. The number of carbonyl (C=O) groups is 1. The van der Waals surface area contributed by atoms with E-state index in [1.54, 1.807) is 0 Å². The highest BCUT2D eigenvalue weighted by Crippen LogP contribution is 2.30. The molecule has 84 valence electrons. The number of rotatable bonds is 3. The van der Waals surface area contributed by atoms with Crippen molar-refractivity contribution < 1.29 is 9.53 Å². The van der Waals surface area contributed by atoms with Crippen LogP contribution in [0.4, 0.5) is 0 Å². The molecule has 0 spiro atoms. The zero-order valence-corrected chi connectivity index (χ0v) is 9.71. The zero-order chi connectivity index (χ0) is 11.3. The molecule has 0 atom stereocenters. The maximum Gasteiger partial charge on any atom is 0.334 e. The van der Waals surface area contributed by atoms with Gasteiger partial charge in [0.25, 0.3) is 0 Å². The van der Waals surface area contributed by atoms with Crippen molar-refractivity contribution in [2.75, 3.05) is 7.11 Å². The van der Waals surface area contributed by atoms with E-state index >= 15 is 0 Å². The lowest BCUT2D eigenvalue weighted by atomic mass is 9.83. The van der Waals surface area contributed by atoms with Crippen LogP contribution < -0.4 is 0 Å². The Morgan fingerprint density at radius 2 is 1.93 bits per heavy atom. The third kappa shape index (κ3) is 3.54. The van der Waals surface area contributed by atoms with Gasteiger partial charge in [-0.3, -0.25) is 0 Å². The van der Waals surface area contributed by atoms with Gasteiger partial charge in [-0.25, -0.2) is 4.79 Å². The molecular formula is C13H20O2. The first-order valence-corrected chi connectivity index (χ1v) is 5.60. The smallest absolute Gasteiger partial charge is 0.334 e. The third-order valence-corrected chi connectivity index (χ3v) is 2.87. The van der Waals surface area contributed by atoms with Crippen LogP contribution in [0.3, 0.4) is 0 Å². The molecule has 2 nitrogen and oxygen atoms in total. The quantitative estimate of drug-likeness (QED) is 0.404. The van der Waals surface area contributed by atoms with E-state index in [9.17, 15) is 4.79 Å². The highest BCUT2D eigenvalue weighted by atomic mass is 16.5.